The molecule has 7 nitrogen and oxygen atoms in total. The van der Waals surface area contributed by atoms with E-state index >= 15 is 0 Å². The fourth-order valence-corrected chi connectivity index (χ4v) is 6.32. The topological polar surface area (TPSA) is 96.5 Å². The predicted octanol–water partition coefficient (Wildman–Crippen LogP) is 8.73. The van der Waals surface area contributed by atoms with Gasteiger partial charge in [-0.3, -0.25) is 14.4 Å². The first-order chi connectivity index (χ1) is 24.0. The number of rotatable bonds is 11. The maximum Gasteiger partial charge on any atom is 0.272 e. The largest absolute Gasteiger partial charge is 0.496 e. The molecule has 1 atom stereocenters. The molecule has 0 radical (unpaired) electrons. The Morgan fingerprint density at radius 1 is 0.653 bits per heavy atom. The number of hydrogen-bond acceptors (Lipinski definition) is 5. The Morgan fingerprint density at radius 3 is 2.10 bits per heavy atom. The second kappa shape index (κ2) is 15.6. The van der Waals surface area contributed by atoms with E-state index in [0.717, 1.165) is 21.2 Å². The number of hydrogen-bond donors (Lipinski definition) is 3. The number of carbonyl (C=O) groups excluding carboxylic acids is 3. The summed E-state index contributed by atoms with van der Waals surface area (Å²) >= 11 is 1.37. The van der Waals surface area contributed by atoms with Crippen LogP contribution in [0.2, 0.25) is 0 Å². The minimum Gasteiger partial charge on any atom is -0.496 e. The Morgan fingerprint density at radius 2 is 1.33 bits per heavy atom. The van der Waals surface area contributed by atoms with Gasteiger partial charge in [0.25, 0.3) is 11.8 Å². The van der Waals surface area contributed by atoms with Crippen molar-refractivity contribution in [1.82, 2.24) is 5.32 Å². The number of nitrogens with one attached hydrogen (secondary N) is 3. The lowest BCUT2D eigenvalue weighted by Crippen LogP contribution is -2.30. The highest BCUT2D eigenvalue weighted by Gasteiger charge is 2.23. The summed E-state index contributed by atoms with van der Waals surface area (Å²) in [4.78, 5) is 41.4. The molecule has 242 valence electrons. The SMILES string of the molecule is COc1ccccc1/C=C(/NC(=O)c1ccccc1)C(=O)Nc1cccc(SC(C(=O)Nc2ccc3ccccc3c2)c2ccccc2)c1. The predicted molar refractivity (Wildman–Crippen MR) is 198 cm³/mol. The lowest BCUT2D eigenvalue weighted by atomic mass is 10.1. The van der Waals surface area contributed by atoms with Crippen LogP contribution in [0.25, 0.3) is 16.8 Å². The second-order valence-corrected chi connectivity index (χ2v) is 12.2. The molecular formula is C41H33N3O4S. The van der Waals surface area contributed by atoms with Gasteiger partial charge in [0.15, 0.2) is 0 Å². The first-order valence-corrected chi connectivity index (χ1v) is 16.5. The molecule has 49 heavy (non-hydrogen) atoms. The van der Waals surface area contributed by atoms with Gasteiger partial charge in [-0.1, -0.05) is 103 Å². The van der Waals surface area contributed by atoms with Crippen LogP contribution in [0.15, 0.2) is 162 Å². The van der Waals surface area contributed by atoms with Gasteiger partial charge in [0, 0.05) is 27.4 Å². The summed E-state index contributed by atoms with van der Waals surface area (Å²) in [5.74, 6) is -0.573. The number of methoxy groups -OCH3 is 1. The number of benzene rings is 6. The second-order valence-electron chi connectivity index (χ2n) is 11.1. The molecule has 6 rings (SSSR count). The van der Waals surface area contributed by atoms with E-state index in [1.54, 1.807) is 55.7 Å². The van der Waals surface area contributed by atoms with Gasteiger partial charge in [-0.2, -0.15) is 0 Å². The van der Waals surface area contributed by atoms with E-state index < -0.39 is 17.1 Å². The summed E-state index contributed by atoms with van der Waals surface area (Å²) in [5, 5.41) is 10.3. The highest BCUT2D eigenvalue weighted by atomic mass is 32.2. The Balaban J connectivity index is 1.24. The summed E-state index contributed by atoms with van der Waals surface area (Å²) in [7, 11) is 1.54. The van der Waals surface area contributed by atoms with Crippen molar-refractivity contribution in [2.24, 2.45) is 0 Å². The van der Waals surface area contributed by atoms with E-state index in [1.165, 1.54) is 11.8 Å². The maximum atomic E-state index is 13.8. The zero-order chi connectivity index (χ0) is 34.0. The van der Waals surface area contributed by atoms with Crippen molar-refractivity contribution in [3.8, 4) is 5.75 Å². The molecule has 0 saturated heterocycles. The van der Waals surface area contributed by atoms with Crippen molar-refractivity contribution in [3.63, 3.8) is 0 Å². The van der Waals surface area contributed by atoms with Gasteiger partial charge >= 0.3 is 0 Å². The van der Waals surface area contributed by atoms with E-state index in [4.69, 9.17) is 4.74 Å². The zero-order valence-corrected chi connectivity index (χ0v) is 27.4. The van der Waals surface area contributed by atoms with E-state index in [0.29, 0.717) is 28.3 Å². The summed E-state index contributed by atoms with van der Waals surface area (Å²) in [6.45, 7) is 0. The quantitative estimate of drug-likeness (QED) is 0.0952. The van der Waals surface area contributed by atoms with Gasteiger partial charge < -0.3 is 20.7 Å². The lowest BCUT2D eigenvalue weighted by Gasteiger charge is -2.18. The molecular weight excluding hydrogens is 631 g/mol. The van der Waals surface area contributed by atoms with Crippen molar-refractivity contribution in [1.29, 1.82) is 0 Å². The maximum absolute atomic E-state index is 13.8. The Kier molecular flexibility index (Phi) is 10.5. The minimum atomic E-state index is -0.579. The average molecular weight is 664 g/mol. The average Bonchev–Trinajstić information content (AvgIpc) is 3.14. The number of anilines is 2. The summed E-state index contributed by atoms with van der Waals surface area (Å²) in [6, 6.07) is 46.6. The molecule has 6 aromatic carbocycles. The van der Waals surface area contributed by atoms with Crippen LogP contribution in [0.5, 0.6) is 5.75 Å². The summed E-state index contributed by atoms with van der Waals surface area (Å²) in [5.41, 5.74) is 3.11. The molecule has 0 saturated carbocycles. The van der Waals surface area contributed by atoms with Crippen molar-refractivity contribution in [2.45, 2.75) is 10.1 Å². The standard InChI is InChI=1S/C41H33N3O4S/c1-48-37-22-11-10-19-32(37)26-36(44-39(45)30-16-6-3-7-17-30)40(46)42-33-20-12-21-35(27-33)49-38(29-14-4-2-5-15-29)41(47)43-34-24-23-28-13-8-9-18-31(28)25-34/h2-27,38H,1H3,(H,42,46)(H,43,47)(H,44,45)/b36-26+. The van der Waals surface area contributed by atoms with Gasteiger partial charge in [0.05, 0.1) is 7.11 Å². The van der Waals surface area contributed by atoms with Crippen LogP contribution >= 0.6 is 11.8 Å². The zero-order valence-electron chi connectivity index (χ0n) is 26.6. The van der Waals surface area contributed by atoms with Gasteiger partial charge in [-0.15, -0.1) is 11.8 Å². The van der Waals surface area contributed by atoms with Crippen LogP contribution in [0.4, 0.5) is 11.4 Å². The lowest BCUT2D eigenvalue weighted by molar-refractivity contribution is -0.116. The number of amides is 3. The van der Waals surface area contributed by atoms with E-state index in [-0.39, 0.29) is 11.6 Å². The Hall–Kier alpha value is -6.12. The number of thioether (sulfide) groups is 1. The third kappa shape index (κ3) is 8.43. The molecule has 6 aromatic rings. The highest BCUT2D eigenvalue weighted by Crippen LogP contribution is 2.37. The normalized spacial score (nSPS) is 11.7. The van der Waals surface area contributed by atoms with Crippen LogP contribution in [-0.2, 0) is 9.59 Å². The fourth-order valence-electron chi connectivity index (χ4n) is 5.24. The first kappa shape index (κ1) is 32.8. The van der Waals surface area contributed by atoms with Crippen LogP contribution in [0.3, 0.4) is 0 Å². The smallest absolute Gasteiger partial charge is 0.272 e. The fraction of sp³-hybridized carbons (Fsp3) is 0.0488. The van der Waals surface area contributed by atoms with Gasteiger partial charge in [-0.05, 0) is 70.9 Å². The van der Waals surface area contributed by atoms with Crippen LogP contribution < -0.4 is 20.7 Å². The van der Waals surface area contributed by atoms with Crippen molar-refractivity contribution >= 4 is 57.7 Å². The van der Waals surface area contributed by atoms with Gasteiger partial charge in [0.1, 0.15) is 16.7 Å². The molecule has 1 unspecified atom stereocenters. The molecule has 0 aliphatic heterocycles. The number of para-hydroxylation sites is 1. The number of carbonyl (C=O) groups is 3. The molecule has 0 aliphatic carbocycles. The molecule has 0 bridgehead atoms. The minimum absolute atomic E-state index is 0.0355. The molecule has 3 N–H and O–H groups in total. The monoisotopic (exact) mass is 663 g/mol. The van der Waals surface area contributed by atoms with E-state index in [1.807, 2.05) is 109 Å². The molecule has 0 heterocycles. The third-order valence-corrected chi connectivity index (χ3v) is 8.92. The first-order valence-electron chi connectivity index (χ1n) is 15.6. The van der Waals surface area contributed by atoms with Crippen molar-refractivity contribution in [3.05, 3.63) is 174 Å². The Bertz CT molecular complexity index is 2130. The van der Waals surface area contributed by atoms with Crippen LogP contribution in [0, 0.1) is 0 Å². The highest BCUT2D eigenvalue weighted by molar-refractivity contribution is 8.00. The summed E-state index contributed by atoms with van der Waals surface area (Å²) in [6.07, 6.45) is 1.58. The summed E-state index contributed by atoms with van der Waals surface area (Å²) < 4.78 is 5.47. The van der Waals surface area contributed by atoms with Crippen LogP contribution in [-0.4, -0.2) is 24.8 Å². The Labute approximate surface area is 289 Å². The van der Waals surface area contributed by atoms with Gasteiger partial charge in [0.2, 0.25) is 5.91 Å². The third-order valence-electron chi connectivity index (χ3n) is 7.67. The number of fused-ring (bicyclic) bond motifs is 1. The number of ether oxygens (including phenoxy) is 1. The molecule has 8 heteroatoms. The molecule has 3 amide bonds. The molecule has 0 aliphatic rings. The van der Waals surface area contributed by atoms with E-state index in [2.05, 4.69) is 16.0 Å². The van der Waals surface area contributed by atoms with Crippen LogP contribution in [0.1, 0.15) is 26.7 Å². The molecule has 0 aromatic heterocycles. The van der Waals surface area contributed by atoms with Crippen molar-refractivity contribution < 1.29 is 19.1 Å². The molecule has 0 spiro atoms. The van der Waals surface area contributed by atoms with Crippen molar-refractivity contribution in [2.75, 3.05) is 17.7 Å². The molecule has 0 fully saturated rings. The van der Waals surface area contributed by atoms with Gasteiger partial charge in [-0.25, -0.2) is 0 Å². The van der Waals surface area contributed by atoms with E-state index in [9.17, 15) is 14.4 Å².